The minimum atomic E-state index is -4.16. The van der Waals surface area contributed by atoms with Gasteiger partial charge in [0.1, 0.15) is 112 Å². The molecule has 30 nitrogen and oxygen atoms in total. The molecule has 1 aliphatic carbocycles. The molecule has 740 valence electrons. The van der Waals surface area contributed by atoms with Crippen LogP contribution in [0.3, 0.4) is 0 Å². The Morgan fingerprint density at radius 2 is 0.697 bits per heavy atom. The van der Waals surface area contributed by atoms with Crippen molar-refractivity contribution in [2.45, 2.75) is 220 Å². The number of aliphatic hydroxyl groups excluding tert-OH is 2. The lowest BCUT2D eigenvalue weighted by Crippen LogP contribution is -2.72. The average molecular weight is 1960 g/mol. The molecule has 7 aliphatic rings. The molecule has 0 radical (unpaired) electrons. The maximum Gasteiger partial charge on any atom is 0.412 e. The van der Waals surface area contributed by atoms with Gasteiger partial charge < -0.3 is 107 Å². The SMILES string of the molecule is CC(C)(C)[Si](OC[C@H]1O[C@H](O[C@@H]2[C@H]3OC(=O)N[C@@H]3C[C@H](NC(=O)OCc3ccccc3)[C@H]2O[C@H]2O[C@@H]3CN(C(=O)OCc4ccccc4)C(c4ccccc4)O[C@H]3[C@H](O)[C@H]2NC(=O)OCc2ccccc2)[C@H](O[Si](c2ccccc2)(c2ccccc2)C(C)(C)C)[C@@H]1O[C@H]1O[C@H]2CN(C(=O)OCc3ccccc3)C(c3ccccc3)O[C@H]2[C@H](O)[C@H]1NC(=O)OCc1ccccc1)(c1ccccc1)c1ccccc1. The van der Waals surface area contributed by atoms with Crippen molar-refractivity contribution in [2.75, 3.05) is 19.7 Å². The number of ether oxygens (including phenoxy) is 14. The number of carbonyl (C=O) groups excluding carboxylic acids is 6. The van der Waals surface area contributed by atoms with Gasteiger partial charge in [-0.1, -0.05) is 375 Å². The number of hydrogen-bond acceptors (Lipinski definition) is 24. The number of aliphatic hydroxyl groups is 2. The molecular weight excluding hydrogens is 1850 g/mol. The summed E-state index contributed by atoms with van der Waals surface area (Å²) in [5.41, 5.74) is 4.34. The standard InChI is InChI=1S/C110H118N6O24Si2/c1-109(2,3)141(78-54-32-14-33-55-78,79-56-34-15-35-57-79)130-70-86-95(137-101-88(114-105(121)127-67-73-44-22-9-23-45-73)90(118)94-85(132-101)64-116(99(135-94)77-52-30-13-31-53-77)108(124)129-69-75-48-26-11-27-49-75)97(140-142(110(4,5)6,80-58-36-16-37-59-80)81-60-38-17-39-61-81)102(133-86)138-96-91(82(62-83-92(96)139-106(122)112-83)111-103(119)125-65-71-40-18-7-19-41-71)136-100-87(113-104(120)126-66-72-42-20-8-21-43-72)89(117)93-84(131-100)63-115(98(134-93)76-50-28-12-29-51-76)107(123)128-68-74-46-24-10-25-47-74/h7-61,82-102,117-118H,62-70H2,1-6H3,(H,111,119)(H,112,122)(H,113,120)(H,114,121)/t82-,83+,84+,85-,86+,87+,88+,89+,90+,91+,92-,93+,94+,95+,96-,97+,98?,99?,100+,101+,102+/m0/s1. The second-order valence-electron chi connectivity index (χ2n) is 38.4. The number of hydrogen-bond donors (Lipinski definition) is 6. The van der Waals surface area contributed by atoms with E-state index in [1.807, 2.05) is 218 Å². The van der Waals surface area contributed by atoms with E-state index in [1.54, 1.807) is 115 Å². The molecule has 2 unspecified atom stereocenters. The van der Waals surface area contributed by atoms with Gasteiger partial charge in [-0.05, 0) is 65.1 Å². The number of benzene rings is 11. The summed E-state index contributed by atoms with van der Waals surface area (Å²) in [5, 5.41) is 40.9. The van der Waals surface area contributed by atoms with Gasteiger partial charge in [0.05, 0.1) is 31.8 Å². The summed E-state index contributed by atoms with van der Waals surface area (Å²) in [4.78, 5) is 93.0. The largest absolute Gasteiger partial charge is 0.445 e. The maximum atomic E-state index is 15.2. The molecule has 6 aliphatic heterocycles. The molecular formula is C110H118N6O24Si2. The summed E-state index contributed by atoms with van der Waals surface area (Å²) >= 11 is 0. The highest BCUT2D eigenvalue weighted by atomic mass is 28.4. The van der Waals surface area contributed by atoms with Crippen molar-refractivity contribution in [3.63, 3.8) is 0 Å². The summed E-state index contributed by atoms with van der Waals surface area (Å²) in [5.74, 6) is 0. The molecule has 0 aromatic heterocycles. The first-order chi connectivity index (χ1) is 68.9. The van der Waals surface area contributed by atoms with Crippen molar-refractivity contribution in [3.05, 3.63) is 373 Å². The van der Waals surface area contributed by atoms with E-state index in [1.165, 1.54) is 9.80 Å². The summed E-state index contributed by atoms with van der Waals surface area (Å²) in [7, 11) is -7.91. The second kappa shape index (κ2) is 44.7. The monoisotopic (exact) mass is 1960 g/mol. The zero-order chi connectivity index (χ0) is 98.5. The zero-order valence-corrected chi connectivity index (χ0v) is 81.5. The van der Waals surface area contributed by atoms with Gasteiger partial charge >= 0.3 is 36.6 Å². The van der Waals surface area contributed by atoms with Crippen LogP contribution in [0.25, 0.3) is 0 Å². The second-order valence-corrected chi connectivity index (χ2v) is 46.9. The van der Waals surface area contributed by atoms with Crippen LogP contribution in [-0.2, 0) is 108 Å². The van der Waals surface area contributed by atoms with Gasteiger partial charge in [-0.2, -0.15) is 0 Å². The molecule has 11 aromatic carbocycles. The van der Waals surface area contributed by atoms with E-state index in [9.17, 15) is 19.8 Å². The summed E-state index contributed by atoms with van der Waals surface area (Å²) in [6.07, 6.45) is -32.1. The Kier molecular flexibility index (Phi) is 31.2. The van der Waals surface area contributed by atoms with Crippen LogP contribution < -0.4 is 42.0 Å². The molecule has 32 heteroatoms. The smallest absolute Gasteiger partial charge is 0.412 e. The van der Waals surface area contributed by atoms with Gasteiger partial charge in [-0.3, -0.25) is 9.80 Å². The van der Waals surface area contributed by atoms with Crippen molar-refractivity contribution in [1.82, 2.24) is 31.1 Å². The number of alkyl carbamates (subject to hydrolysis) is 4. The van der Waals surface area contributed by atoms with Crippen molar-refractivity contribution < 1.29 is 114 Å². The molecule has 7 fully saturated rings. The number of amides is 6. The third-order valence-corrected chi connectivity index (χ3v) is 37.1. The van der Waals surface area contributed by atoms with Gasteiger partial charge in [0.2, 0.25) is 0 Å². The normalized spacial score (nSPS) is 26.4. The average Bonchev–Trinajstić information content (AvgIpc) is 1.66. The lowest BCUT2D eigenvalue weighted by Gasteiger charge is -2.52. The fourth-order valence-corrected chi connectivity index (χ4v) is 29.5. The Labute approximate surface area is 826 Å². The van der Waals surface area contributed by atoms with Gasteiger partial charge in [-0.15, -0.1) is 0 Å². The molecule has 6 saturated heterocycles. The van der Waals surface area contributed by atoms with Crippen molar-refractivity contribution >= 4 is 73.9 Å². The molecule has 0 spiro atoms. The molecule has 6 heterocycles. The number of carbonyl (C=O) groups is 6. The van der Waals surface area contributed by atoms with Crippen LogP contribution in [-0.4, -0.2) is 209 Å². The first kappa shape index (κ1) is 99.1. The van der Waals surface area contributed by atoms with Gasteiger partial charge in [0, 0.05) is 11.1 Å². The molecule has 0 bridgehead atoms. The topological polar surface area (TPSA) is 345 Å². The predicted molar refractivity (Wildman–Crippen MR) is 526 cm³/mol. The van der Waals surface area contributed by atoms with Crippen LogP contribution in [0.5, 0.6) is 0 Å². The highest BCUT2D eigenvalue weighted by Crippen LogP contribution is 2.48. The quantitative estimate of drug-likeness (QED) is 0.0180. The first-order valence-electron chi connectivity index (χ1n) is 48.0. The van der Waals surface area contributed by atoms with E-state index >= 15 is 19.2 Å². The fourth-order valence-electron chi connectivity index (χ4n) is 20.3. The van der Waals surface area contributed by atoms with Crippen LogP contribution in [0.1, 0.15) is 99.4 Å². The number of fused-ring (bicyclic) bond motifs is 3. The van der Waals surface area contributed by atoms with Gasteiger partial charge in [0.25, 0.3) is 16.6 Å². The minimum Gasteiger partial charge on any atom is -0.445 e. The van der Waals surface area contributed by atoms with Crippen molar-refractivity contribution in [3.8, 4) is 0 Å². The summed E-state index contributed by atoms with van der Waals surface area (Å²) in [6.45, 7) is 10.7. The van der Waals surface area contributed by atoms with Crippen LogP contribution >= 0.6 is 0 Å². The van der Waals surface area contributed by atoms with Crippen molar-refractivity contribution in [2.24, 2.45) is 0 Å². The molecule has 6 amide bonds. The van der Waals surface area contributed by atoms with Gasteiger partial charge in [-0.25, -0.2) is 28.8 Å². The van der Waals surface area contributed by atoms with Crippen LogP contribution in [0.4, 0.5) is 28.8 Å². The lowest BCUT2D eigenvalue weighted by atomic mass is 9.83. The summed E-state index contributed by atoms with van der Waals surface area (Å²) < 4.78 is 114. The minimum absolute atomic E-state index is 0.123. The van der Waals surface area contributed by atoms with E-state index in [0.29, 0.717) is 38.9 Å². The predicted octanol–water partition coefficient (Wildman–Crippen LogP) is 13.8. The fraction of sp³-hybridized carbons (Fsp3) is 0.345. The summed E-state index contributed by atoms with van der Waals surface area (Å²) in [6, 6.07) is 96.9. The van der Waals surface area contributed by atoms with E-state index < -0.39 is 192 Å². The Morgan fingerprint density at radius 3 is 1.06 bits per heavy atom. The zero-order valence-electron chi connectivity index (χ0n) is 79.5. The van der Waals surface area contributed by atoms with Gasteiger partial charge in [0.15, 0.2) is 37.4 Å². The number of nitrogens with one attached hydrogen (secondary N) is 4. The Balaban J connectivity index is 0.805. The van der Waals surface area contributed by atoms with Crippen molar-refractivity contribution in [1.29, 1.82) is 0 Å². The van der Waals surface area contributed by atoms with E-state index in [4.69, 9.17) is 75.2 Å². The Hall–Kier alpha value is -13.0. The third kappa shape index (κ3) is 22.3. The van der Waals surface area contributed by atoms with E-state index in [-0.39, 0.29) is 59.2 Å². The highest BCUT2D eigenvalue weighted by molar-refractivity contribution is 7.00. The van der Waals surface area contributed by atoms with E-state index in [2.05, 4.69) is 62.8 Å². The van der Waals surface area contributed by atoms with Crippen LogP contribution in [0.15, 0.2) is 334 Å². The molecule has 21 atom stereocenters. The maximum absolute atomic E-state index is 15.2. The highest BCUT2D eigenvalue weighted by Gasteiger charge is 2.65. The molecule has 142 heavy (non-hydrogen) atoms. The van der Waals surface area contributed by atoms with E-state index in [0.717, 1.165) is 20.7 Å². The molecule has 18 rings (SSSR count). The molecule has 6 N–H and O–H groups in total. The molecule has 1 saturated carbocycles. The Morgan fingerprint density at radius 1 is 0.373 bits per heavy atom. The number of nitrogens with zero attached hydrogens (tertiary/aromatic N) is 2. The Bertz CT molecular complexity index is 5900. The third-order valence-electron chi connectivity index (χ3n) is 27.0. The molecule has 11 aromatic rings. The first-order valence-corrected chi connectivity index (χ1v) is 51.8. The van der Waals surface area contributed by atoms with Crippen LogP contribution in [0.2, 0.25) is 10.1 Å². The van der Waals surface area contributed by atoms with Crippen LogP contribution in [0, 0.1) is 0 Å². The lowest BCUT2D eigenvalue weighted by molar-refractivity contribution is -0.334. The number of rotatable bonds is 30.